The fourth-order valence-electron chi connectivity index (χ4n) is 1.28. The zero-order valence-corrected chi connectivity index (χ0v) is 10.5. The van der Waals surface area contributed by atoms with E-state index in [0.717, 1.165) is 19.1 Å². The van der Waals surface area contributed by atoms with Crippen LogP contribution >= 0.6 is 0 Å². The van der Waals surface area contributed by atoms with Crippen molar-refractivity contribution >= 4 is 15.8 Å². The van der Waals surface area contributed by atoms with Gasteiger partial charge in [0.1, 0.15) is 5.82 Å². The molecule has 6 nitrogen and oxygen atoms in total. The average Bonchev–Trinajstić information content (AvgIpc) is 3.00. The van der Waals surface area contributed by atoms with Crippen molar-refractivity contribution in [2.75, 3.05) is 18.1 Å². The van der Waals surface area contributed by atoms with Crippen LogP contribution < -0.4 is 14.2 Å². The molecule has 2 rings (SSSR count). The summed E-state index contributed by atoms with van der Waals surface area (Å²) in [5, 5.41) is 0. The van der Waals surface area contributed by atoms with E-state index in [1.165, 1.54) is 19.4 Å². The number of hydrogen-bond acceptors (Lipinski definition) is 5. The third kappa shape index (κ3) is 3.48. The molecule has 0 atom stereocenters. The zero-order valence-electron chi connectivity index (χ0n) is 9.63. The summed E-state index contributed by atoms with van der Waals surface area (Å²) < 4.78 is 35.1. The number of pyridine rings is 1. The second kappa shape index (κ2) is 4.40. The molecule has 1 heterocycles. The van der Waals surface area contributed by atoms with Crippen LogP contribution in [0, 0.1) is 0 Å². The first kappa shape index (κ1) is 12.0. The molecule has 1 N–H and O–H groups in total. The number of nitrogens with one attached hydrogen (secondary N) is 1. The van der Waals surface area contributed by atoms with Gasteiger partial charge >= 0.3 is 0 Å². The minimum Gasteiger partial charge on any atom is -0.491 e. The van der Waals surface area contributed by atoms with Crippen LogP contribution in [0.1, 0.15) is 12.8 Å². The third-order valence-electron chi connectivity index (χ3n) is 2.16. The van der Waals surface area contributed by atoms with E-state index in [1.807, 2.05) is 0 Å². The molecule has 1 aliphatic carbocycles. The van der Waals surface area contributed by atoms with E-state index in [0.29, 0.717) is 11.5 Å². The van der Waals surface area contributed by atoms with Gasteiger partial charge in [0.2, 0.25) is 10.0 Å². The van der Waals surface area contributed by atoms with Crippen molar-refractivity contribution in [3.8, 4) is 11.5 Å². The number of ether oxygens (including phenoxy) is 2. The van der Waals surface area contributed by atoms with Crippen LogP contribution in [0.3, 0.4) is 0 Å². The number of methoxy groups -OCH3 is 1. The SMILES string of the molecule is COc1cnc(NS(C)(=O)=O)cc1OC1CC1. The van der Waals surface area contributed by atoms with Crippen LogP contribution in [0.4, 0.5) is 5.82 Å². The molecule has 17 heavy (non-hydrogen) atoms. The Hall–Kier alpha value is -1.50. The quantitative estimate of drug-likeness (QED) is 0.852. The monoisotopic (exact) mass is 258 g/mol. The Morgan fingerprint density at radius 1 is 1.41 bits per heavy atom. The maximum Gasteiger partial charge on any atom is 0.230 e. The second-order valence-electron chi connectivity index (χ2n) is 3.91. The lowest BCUT2D eigenvalue weighted by atomic mass is 10.4. The first-order valence-electron chi connectivity index (χ1n) is 5.16. The highest BCUT2D eigenvalue weighted by Gasteiger charge is 2.25. The Morgan fingerprint density at radius 2 is 2.12 bits per heavy atom. The number of hydrogen-bond donors (Lipinski definition) is 1. The lowest BCUT2D eigenvalue weighted by Gasteiger charge is -2.11. The molecule has 1 fully saturated rings. The summed E-state index contributed by atoms with van der Waals surface area (Å²) in [6, 6.07) is 1.53. The smallest absolute Gasteiger partial charge is 0.230 e. The van der Waals surface area contributed by atoms with Gasteiger partial charge < -0.3 is 9.47 Å². The van der Waals surface area contributed by atoms with Crippen molar-refractivity contribution in [2.45, 2.75) is 18.9 Å². The molecule has 94 valence electrons. The minimum atomic E-state index is -3.34. The Bertz CT molecular complexity index is 511. The van der Waals surface area contributed by atoms with Gasteiger partial charge in [0.05, 0.1) is 25.7 Å². The summed E-state index contributed by atoms with van der Waals surface area (Å²) in [5.41, 5.74) is 0. The molecule has 1 aromatic rings. The van der Waals surface area contributed by atoms with E-state index in [4.69, 9.17) is 9.47 Å². The molecule has 0 aliphatic heterocycles. The normalized spacial score (nSPS) is 15.4. The zero-order chi connectivity index (χ0) is 12.5. The Kier molecular flexibility index (Phi) is 3.10. The highest BCUT2D eigenvalue weighted by atomic mass is 32.2. The van der Waals surface area contributed by atoms with Gasteiger partial charge in [-0.3, -0.25) is 4.72 Å². The molecule has 1 saturated carbocycles. The van der Waals surface area contributed by atoms with Gasteiger partial charge in [0.25, 0.3) is 0 Å². The number of sulfonamides is 1. The van der Waals surface area contributed by atoms with Crippen molar-refractivity contribution in [1.82, 2.24) is 4.98 Å². The lowest BCUT2D eigenvalue weighted by molar-refractivity contribution is 0.281. The Labute approximate surface area is 100 Å². The van der Waals surface area contributed by atoms with Crippen LogP contribution in [0.25, 0.3) is 0 Å². The molecule has 0 unspecified atom stereocenters. The molecule has 1 aromatic heterocycles. The van der Waals surface area contributed by atoms with Crippen molar-refractivity contribution in [2.24, 2.45) is 0 Å². The van der Waals surface area contributed by atoms with Gasteiger partial charge in [-0.2, -0.15) is 0 Å². The molecular formula is C10H14N2O4S. The van der Waals surface area contributed by atoms with Gasteiger partial charge in [-0.25, -0.2) is 13.4 Å². The predicted octanol–water partition coefficient (Wildman–Crippen LogP) is 1.00. The lowest BCUT2D eigenvalue weighted by Crippen LogP contribution is -2.11. The average molecular weight is 258 g/mol. The standard InChI is InChI=1S/C10H14N2O4S/c1-15-9-6-11-10(12-17(2,13)14)5-8(9)16-7-3-4-7/h5-7H,3-4H2,1-2H3,(H,11,12). The molecular weight excluding hydrogens is 244 g/mol. The fourth-order valence-corrected chi connectivity index (χ4v) is 1.77. The maximum atomic E-state index is 11.1. The number of rotatable bonds is 5. The molecule has 0 bridgehead atoms. The van der Waals surface area contributed by atoms with Crippen molar-refractivity contribution < 1.29 is 17.9 Å². The molecule has 1 aliphatic rings. The van der Waals surface area contributed by atoms with Crippen LogP contribution in [0.2, 0.25) is 0 Å². The van der Waals surface area contributed by atoms with Gasteiger partial charge in [0.15, 0.2) is 11.5 Å². The summed E-state index contributed by atoms with van der Waals surface area (Å²) in [6.07, 6.45) is 4.74. The fraction of sp³-hybridized carbons (Fsp3) is 0.500. The summed E-state index contributed by atoms with van der Waals surface area (Å²) in [6.45, 7) is 0. The van der Waals surface area contributed by atoms with Crippen LogP contribution in [0.5, 0.6) is 11.5 Å². The van der Waals surface area contributed by atoms with E-state index in [1.54, 1.807) is 0 Å². The topological polar surface area (TPSA) is 77.5 Å². The molecule has 0 radical (unpaired) electrons. The number of nitrogens with zero attached hydrogens (tertiary/aromatic N) is 1. The largest absolute Gasteiger partial charge is 0.491 e. The van der Waals surface area contributed by atoms with Crippen LogP contribution in [0.15, 0.2) is 12.3 Å². The van der Waals surface area contributed by atoms with Crippen molar-refractivity contribution in [3.05, 3.63) is 12.3 Å². The summed E-state index contributed by atoms with van der Waals surface area (Å²) in [7, 11) is -1.82. The van der Waals surface area contributed by atoms with E-state index < -0.39 is 10.0 Å². The molecule has 0 aromatic carbocycles. The van der Waals surface area contributed by atoms with Gasteiger partial charge in [-0.15, -0.1) is 0 Å². The van der Waals surface area contributed by atoms with E-state index in [2.05, 4.69) is 9.71 Å². The summed E-state index contributed by atoms with van der Waals surface area (Å²) in [5.74, 6) is 1.23. The summed E-state index contributed by atoms with van der Waals surface area (Å²) in [4.78, 5) is 3.93. The molecule has 0 saturated heterocycles. The van der Waals surface area contributed by atoms with E-state index in [9.17, 15) is 8.42 Å². The van der Waals surface area contributed by atoms with Crippen LogP contribution in [-0.2, 0) is 10.0 Å². The molecule has 0 spiro atoms. The van der Waals surface area contributed by atoms with Crippen LogP contribution in [-0.4, -0.2) is 32.9 Å². The van der Waals surface area contributed by atoms with Crippen molar-refractivity contribution in [1.29, 1.82) is 0 Å². The first-order chi connectivity index (χ1) is 7.98. The highest BCUT2D eigenvalue weighted by Crippen LogP contribution is 2.34. The second-order valence-corrected chi connectivity index (χ2v) is 5.66. The first-order valence-corrected chi connectivity index (χ1v) is 7.05. The molecule has 0 amide bonds. The highest BCUT2D eigenvalue weighted by molar-refractivity contribution is 7.92. The van der Waals surface area contributed by atoms with E-state index in [-0.39, 0.29) is 11.9 Å². The van der Waals surface area contributed by atoms with Gasteiger partial charge in [-0.05, 0) is 12.8 Å². The summed E-state index contributed by atoms with van der Waals surface area (Å²) >= 11 is 0. The Balaban J connectivity index is 2.23. The predicted molar refractivity (Wildman–Crippen MR) is 62.9 cm³/mol. The number of anilines is 1. The maximum absolute atomic E-state index is 11.1. The van der Waals surface area contributed by atoms with Crippen molar-refractivity contribution in [3.63, 3.8) is 0 Å². The van der Waals surface area contributed by atoms with E-state index >= 15 is 0 Å². The Morgan fingerprint density at radius 3 is 2.65 bits per heavy atom. The minimum absolute atomic E-state index is 0.206. The number of aromatic nitrogens is 1. The van der Waals surface area contributed by atoms with Gasteiger partial charge in [-0.1, -0.05) is 0 Å². The van der Waals surface area contributed by atoms with Gasteiger partial charge in [0, 0.05) is 6.07 Å². The third-order valence-corrected chi connectivity index (χ3v) is 2.74. The molecule has 7 heteroatoms.